The average Bonchev–Trinajstić information content (AvgIpc) is 2.56. The number of nitrogens with one attached hydrogen (secondary N) is 1. The van der Waals surface area contributed by atoms with Gasteiger partial charge < -0.3 is 5.32 Å². The highest BCUT2D eigenvalue weighted by atomic mass is 35.5. The van der Waals surface area contributed by atoms with Crippen molar-refractivity contribution in [1.29, 1.82) is 10.5 Å². The van der Waals surface area contributed by atoms with Gasteiger partial charge in [-0.15, -0.1) is 0 Å². The van der Waals surface area contributed by atoms with Gasteiger partial charge in [0.1, 0.15) is 11.6 Å². The van der Waals surface area contributed by atoms with Crippen LogP contribution < -0.4 is 5.32 Å². The molecule has 0 spiro atoms. The molecule has 23 heavy (non-hydrogen) atoms. The maximum absolute atomic E-state index is 12.2. The fourth-order valence-electron chi connectivity index (χ4n) is 1.89. The highest BCUT2D eigenvalue weighted by molar-refractivity contribution is 6.31. The lowest BCUT2D eigenvalue weighted by Crippen LogP contribution is -2.14. The van der Waals surface area contributed by atoms with E-state index in [1.165, 1.54) is 6.08 Å². The number of hydrogen-bond donors (Lipinski definition) is 1. The van der Waals surface area contributed by atoms with Crippen LogP contribution in [0.4, 0.5) is 5.69 Å². The second-order valence-electron chi connectivity index (χ2n) is 4.82. The number of amides is 1. The number of halogens is 1. The smallest absolute Gasteiger partial charge is 0.266 e. The van der Waals surface area contributed by atoms with Gasteiger partial charge in [0.15, 0.2) is 0 Å². The van der Waals surface area contributed by atoms with Crippen LogP contribution >= 0.6 is 11.6 Å². The van der Waals surface area contributed by atoms with Gasteiger partial charge in [-0.2, -0.15) is 10.5 Å². The van der Waals surface area contributed by atoms with Crippen molar-refractivity contribution in [1.82, 2.24) is 0 Å². The molecular weight excluding hydrogens is 310 g/mol. The first-order valence-corrected chi connectivity index (χ1v) is 7.11. The topological polar surface area (TPSA) is 76.7 Å². The van der Waals surface area contributed by atoms with E-state index in [0.29, 0.717) is 21.8 Å². The summed E-state index contributed by atoms with van der Waals surface area (Å²) in [7, 11) is 0. The summed E-state index contributed by atoms with van der Waals surface area (Å²) in [5.74, 6) is -0.512. The molecule has 0 aliphatic carbocycles. The molecule has 1 amide bonds. The second-order valence-corrected chi connectivity index (χ2v) is 5.25. The zero-order valence-electron chi connectivity index (χ0n) is 12.3. The molecule has 2 aromatic rings. The van der Waals surface area contributed by atoms with E-state index in [4.69, 9.17) is 16.9 Å². The van der Waals surface area contributed by atoms with Gasteiger partial charge in [-0.3, -0.25) is 4.79 Å². The number of nitriles is 2. The molecule has 1 N–H and O–H groups in total. The Hall–Kier alpha value is -3.08. The molecule has 5 heteroatoms. The SMILES string of the molecule is Cc1ccc(Cl)cc1NC(=O)/C(C#N)=C/c1ccc(C#N)cc1. The Morgan fingerprint density at radius 3 is 2.48 bits per heavy atom. The van der Waals surface area contributed by atoms with Gasteiger partial charge >= 0.3 is 0 Å². The summed E-state index contributed by atoms with van der Waals surface area (Å²) in [5.41, 5.74) is 2.55. The number of nitrogens with zero attached hydrogens (tertiary/aromatic N) is 2. The number of anilines is 1. The minimum absolute atomic E-state index is 0.0333. The van der Waals surface area contributed by atoms with Crippen molar-refractivity contribution in [3.8, 4) is 12.1 Å². The Morgan fingerprint density at radius 2 is 1.87 bits per heavy atom. The summed E-state index contributed by atoms with van der Waals surface area (Å²) in [6.07, 6.45) is 1.47. The molecule has 0 saturated heterocycles. The summed E-state index contributed by atoms with van der Waals surface area (Å²) in [6, 6.07) is 15.6. The van der Waals surface area contributed by atoms with Crippen LogP contribution in [0.2, 0.25) is 5.02 Å². The van der Waals surface area contributed by atoms with Crippen molar-refractivity contribution in [2.24, 2.45) is 0 Å². The molecule has 0 aromatic heterocycles. The Morgan fingerprint density at radius 1 is 1.17 bits per heavy atom. The zero-order chi connectivity index (χ0) is 16.8. The molecule has 0 aliphatic rings. The normalized spacial score (nSPS) is 10.5. The van der Waals surface area contributed by atoms with Gasteiger partial charge in [-0.1, -0.05) is 29.8 Å². The predicted molar refractivity (Wildman–Crippen MR) is 89.6 cm³/mol. The largest absolute Gasteiger partial charge is 0.321 e. The van der Waals surface area contributed by atoms with E-state index in [1.54, 1.807) is 42.5 Å². The van der Waals surface area contributed by atoms with Crippen LogP contribution in [-0.2, 0) is 4.79 Å². The quantitative estimate of drug-likeness (QED) is 0.684. The van der Waals surface area contributed by atoms with E-state index in [-0.39, 0.29) is 5.57 Å². The van der Waals surface area contributed by atoms with Crippen molar-refractivity contribution < 1.29 is 4.79 Å². The van der Waals surface area contributed by atoms with Crippen LogP contribution in [0.25, 0.3) is 6.08 Å². The van der Waals surface area contributed by atoms with E-state index in [0.717, 1.165) is 5.56 Å². The van der Waals surface area contributed by atoms with Crippen molar-refractivity contribution in [2.45, 2.75) is 6.92 Å². The van der Waals surface area contributed by atoms with E-state index in [1.807, 2.05) is 19.1 Å². The average molecular weight is 322 g/mol. The minimum atomic E-state index is -0.512. The molecule has 0 heterocycles. The Kier molecular flexibility index (Phi) is 5.15. The molecule has 2 aromatic carbocycles. The van der Waals surface area contributed by atoms with Crippen LogP contribution in [-0.4, -0.2) is 5.91 Å². The van der Waals surface area contributed by atoms with Crippen LogP contribution in [0, 0.1) is 29.6 Å². The molecule has 0 aliphatic heterocycles. The molecule has 0 fully saturated rings. The van der Waals surface area contributed by atoms with E-state index in [9.17, 15) is 10.1 Å². The maximum atomic E-state index is 12.2. The fraction of sp³-hybridized carbons (Fsp3) is 0.0556. The number of carbonyl (C=O) groups excluding carboxylic acids is 1. The number of benzene rings is 2. The molecule has 0 bridgehead atoms. The van der Waals surface area contributed by atoms with E-state index >= 15 is 0 Å². The van der Waals surface area contributed by atoms with Gasteiger partial charge in [-0.25, -0.2) is 0 Å². The van der Waals surface area contributed by atoms with Crippen LogP contribution in [0.5, 0.6) is 0 Å². The summed E-state index contributed by atoms with van der Waals surface area (Å²) in [5, 5.41) is 21.1. The lowest BCUT2D eigenvalue weighted by molar-refractivity contribution is -0.112. The highest BCUT2D eigenvalue weighted by Gasteiger charge is 2.11. The Balaban J connectivity index is 2.24. The standard InChI is InChI=1S/C18H12ClN3O/c1-12-2-7-16(19)9-17(12)22-18(23)15(11-21)8-13-3-5-14(10-20)6-4-13/h2-9H,1H3,(H,22,23)/b15-8+. The fourth-order valence-corrected chi connectivity index (χ4v) is 2.06. The number of aryl methyl sites for hydroxylation is 1. The monoisotopic (exact) mass is 321 g/mol. The van der Waals surface area contributed by atoms with E-state index in [2.05, 4.69) is 5.32 Å². The van der Waals surface area contributed by atoms with Crippen molar-refractivity contribution in [3.63, 3.8) is 0 Å². The first kappa shape index (κ1) is 16.3. The molecule has 4 nitrogen and oxygen atoms in total. The first-order chi connectivity index (χ1) is 11.0. The second kappa shape index (κ2) is 7.26. The van der Waals surface area contributed by atoms with Crippen LogP contribution in [0.15, 0.2) is 48.0 Å². The molecule has 0 saturated carbocycles. The Bertz CT molecular complexity index is 855. The molecular formula is C18H12ClN3O. The van der Waals surface area contributed by atoms with Gasteiger partial charge in [0.05, 0.1) is 11.6 Å². The van der Waals surface area contributed by atoms with Gasteiger partial charge in [-0.05, 0) is 48.4 Å². The highest BCUT2D eigenvalue weighted by Crippen LogP contribution is 2.21. The summed E-state index contributed by atoms with van der Waals surface area (Å²) >= 11 is 5.91. The van der Waals surface area contributed by atoms with Crippen LogP contribution in [0.1, 0.15) is 16.7 Å². The molecule has 0 unspecified atom stereocenters. The third-order valence-electron chi connectivity index (χ3n) is 3.16. The predicted octanol–water partition coefficient (Wildman–Crippen LogP) is 4.07. The Labute approximate surface area is 139 Å². The van der Waals surface area contributed by atoms with Crippen molar-refractivity contribution in [2.75, 3.05) is 5.32 Å². The van der Waals surface area contributed by atoms with Gasteiger partial charge in [0.2, 0.25) is 0 Å². The summed E-state index contributed by atoms with van der Waals surface area (Å²) < 4.78 is 0. The van der Waals surface area contributed by atoms with E-state index < -0.39 is 5.91 Å². The third-order valence-corrected chi connectivity index (χ3v) is 3.40. The zero-order valence-corrected chi connectivity index (χ0v) is 13.1. The summed E-state index contributed by atoms with van der Waals surface area (Å²) in [4.78, 5) is 12.2. The lowest BCUT2D eigenvalue weighted by atomic mass is 10.1. The third kappa shape index (κ3) is 4.20. The van der Waals surface area contributed by atoms with Gasteiger partial charge in [0.25, 0.3) is 5.91 Å². The number of carbonyl (C=O) groups is 1. The van der Waals surface area contributed by atoms with Gasteiger partial charge in [0, 0.05) is 10.7 Å². The van der Waals surface area contributed by atoms with Crippen LogP contribution in [0.3, 0.4) is 0 Å². The van der Waals surface area contributed by atoms with Crippen molar-refractivity contribution in [3.05, 3.63) is 69.8 Å². The first-order valence-electron chi connectivity index (χ1n) is 6.73. The maximum Gasteiger partial charge on any atom is 0.266 e. The molecule has 0 radical (unpaired) electrons. The minimum Gasteiger partial charge on any atom is -0.321 e. The number of hydrogen-bond acceptors (Lipinski definition) is 3. The molecule has 112 valence electrons. The van der Waals surface area contributed by atoms with Crippen molar-refractivity contribution >= 4 is 29.3 Å². The molecule has 2 rings (SSSR count). The lowest BCUT2D eigenvalue weighted by Gasteiger charge is -2.08. The molecule has 0 atom stereocenters. The summed E-state index contributed by atoms with van der Waals surface area (Å²) in [6.45, 7) is 1.84. The number of rotatable bonds is 3.